The van der Waals surface area contributed by atoms with Crippen molar-refractivity contribution in [2.75, 3.05) is 19.5 Å². The molecular formula is C13H20BrNOS. The molecular weight excluding hydrogens is 298 g/mol. The van der Waals surface area contributed by atoms with Crippen LogP contribution in [0.2, 0.25) is 0 Å². The van der Waals surface area contributed by atoms with Gasteiger partial charge in [-0.3, -0.25) is 0 Å². The normalized spacial score (nSPS) is 12.7. The number of ether oxygens (including phenoxy) is 1. The summed E-state index contributed by atoms with van der Waals surface area (Å²) in [6.07, 6.45) is 1.96. The third-order valence-electron chi connectivity index (χ3n) is 2.56. The molecule has 0 bridgehead atoms. The number of nitrogens with two attached hydrogens (primary N) is 1. The summed E-state index contributed by atoms with van der Waals surface area (Å²) in [5.41, 5.74) is 7.25. The Bertz CT molecular complexity index is 346. The first kappa shape index (κ1) is 15.0. The molecule has 0 saturated heterocycles. The number of benzene rings is 1. The van der Waals surface area contributed by atoms with Gasteiger partial charge in [-0.25, -0.2) is 0 Å². The van der Waals surface area contributed by atoms with E-state index in [1.807, 2.05) is 0 Å². The van der Waals surface area contributed by atoms with Crippen molar-refractivity contribution in [3.8, 4) is 0 Å². The first-order valence-corrected chi connectivity index (χ1v) is 7.61. The molecule has 0 heterocycles. The van der Waals surface area contributed by atoms with E-state index in [1.54, 1.807) is 18.9 Å². The van der Waals surface area contributed by atoms with Gasteiger partial charge in [0.15, 0.2) is 0 Å². The maximum atomic E-state index is 5.95. The topological polar surface area (TPSA) is 35.2 Å². The van der Waals surface area contributed by atoms with Gasteiger partial charge in [-0.15, -0.1) is 11.8 Å². The lowest BCUT2D eigenvalue weighted by Gasteiger charge is -2.10. The molecule has 0 aliphatic carbocycles. The van der Waals surface area contributed by atoms with Gasteiger partial charge in [-0.2, -0.15) is 0 Å². The number of hydrogen-bond donors (Lipinski definition) is 1. The Hall–Kier alpha value is -0.0300. The molecule has 17 heavy (non-hydrogen) atoms. The molecule has 1 aromatic rings. The van der Waals surface area contributed by atoms with Crippen molar-refractivity contribution in [2.45, 2.75) is 30.7 Å². The Balaban J connectivity index is 2.59. The van der Waals surface area contributed by atoms with Crippen LogP contribution < -0.4 is 5.73 Å². The minimum Gasteiger partial charge on any atom is -0.384 e. The van der Waals surface area contributed by atoms with Crippen molar-refractivity contribution in [1.29, 1.82) is 0 Å². The second kappa shape index (κ2) is 8.14. The van der Waals surface area contributed by atoms with Gasteiger partial charge in [0.1, 0.15) is 0 Å². The van der Waals surface area contributed by atoms with E-state index in [0.29, 0.717) is 0 Å². The number of halogens is 1. The van der Waals surface area contributed by atoms with E-state index in [9.17, 15) is 0 Å². The highest BCUT2D eigenvalue weighted by atomic mass is 79.9. The lowest BCUT2D eigenvalue weighted by atomic mass is 10.1. The van der Waals surface area contributed by atoms with E-state index in [4.69, 9.17) is 10.5 Å². The third kappa shape index (κ3) is 5.42. The fourth-order valence-electron chi connectivity index (χ4n) is 1.47. The Morgan fingerprint density at radius 3 is 2.82 bits per heavy atom. The summed E-state index contributed by atoms with van der Waals surface area (Å²) in [5, 5.41) is 0. The van der Waals surface area contributed by atoms with Crippen LogP contribution in [0.3, 0.4) is 0 Å². The van der Waals surface area contributed by atoms with Gasteiger partial charge < -0.3 is 10.5 Å². The summed E-state index contributed by atoms with van der Waals surface area (Å²) in [7, 11) is 1.73. The van der Waals surface area contributed by atoms with Crippen LogP contribution in [0.4, 0.5) is 0 Å². The summed E-state index contributed by atoms with van der Waals surface area (Å²) >= 11 is 5.41. The third-order valence-corrected chi connectivity index (χ3v) is 4.52. The van der Waals surface area contributed by atoms with Crippen LogP contribution in [0.25, 0.3) is 0 Å². The lowest BCUT2D eigenvalue weighted by Crippen LogP contribution is -2.21. The van der Waals surface area contributed by atoms with Crippen LogP contribution in [0, 0.1) is 0 Å². The van der Waals surface area contributed by atoms with E-state index in [1.165, 1.54) is 10.5 Å². The monoisotopic (exact) mass is 317 g/mol. The van der Waals surface area contributed by atoms with E-state index in [2.05, 4.69) is 41.1 Å². The van der Waals surface area contributed by atoms with Crippen molar-refractivity contribution >= 4 is 27.7 Å². The van der Waals surface area contributed by atoms with E-state index >= 15 is 0 Å². The SMILES string of the molecule is CCC(N)Cc1ccc(SCCOC)c(Br)c1. The van der Waals surface area contributed by atoms with Crippen LogP contribution >= 0.6 is 27.7 Å². The molecule has 2 N–H and O–H groups in total. The largest absolute Gasteiger partial charge is 0.384 e. The van der Waals surface area contributed by atoms with Crippen LogP contribution in [0.5, 0.6) is 0 Å². The smallest absolute Gasteiger partial charge is 0.0556 e. The predicted octanol–water partition coefficient (Wildman–Crippen LogP) is 3.47. The Labute approximate surface area is 116 Å². The molecule has 2 nitrogen and oxygen atoms in total. The number of hydrogen-bond acceptors (Lipinski definition) is 3. The quantitative estimate of drug-likeness (QED) is 0.618. The second-order valence-corrected chi connectivity index (χ2v) is 5.97. The summed E-state index contributed by atoms with van der Waals surface area (Å²) in [4.78, 5) is 1.26. The van der Waals surface area contributed by atoms with Crippen LogP contribution in [-0.4, -0.2) is 25.5 Å². The second-order valence-electron chi connectivity index (χ2n) is 3.98. The fraction of sp³-hybridized carbons (Fsp3) is 0.538. The molecule has 0 fully saturated rings. The first-order valence-electron chi connectivity index (χ1n) is 5.83. The number of methoxy groups -OCH3 is 1. The zero-order valence-electron chi connectivity index (χ0n) is 10.4. The van der Waals surface area contributed by atoms with Gasteiger partial charge in [0.05, 0.1) is 6.61 Å². The zero-order chi connectivity index (χ0) is 12.7. The molecule has 0 spiro atoms. The lowest BCUT2D eigenvalue weighted by molar-refractivity contribution is 0.218. The molecule has 0 aliphatic rings. The Morgan fingerprint density at radius 1 is 1.47 bits per heavy atom. The highest BCUT2D eigenvalue weighted by molar-refractivity contribution is 9.10. The molecule has 96 valence electrons. The van der Waals surface area contributed by atoms with Gasteiger partial charge in [0.2, 0.25) is 0 Å². The van der Waals surface area contributed by atoms with E-state index in [-0.39, 0.29) is 6.04 Å². The van der Waals surface area contributed by atoms with Crippen molar-refractivity contribution in [1.82, 2.24) is 0 Å². The van der Waals surface area contributed by atoms with E-state index in [0.717, 1.165) is 29.7 Å². The van der Waals surface area contributed by atoms with Gasteiger partial charge >= 0.3 is 0 Å². The van der Waals surface area contributed by atoms with Crippen molar-refractivity contribution in [2.24, 2.45) is 5.73 Å². The number of thioether (sulfide) groups is 1. The minimum absolute atomic E-state index is 0.258. The first-order chi connectivity index (χ1) is 8.17. The van der Waals surface area contributed by atoms with Gasteiger partial charge in [0.25, 0.3) is 0 Å². The van der Waals surface area contributed by atoms with E-state index < -0.39 is 0 Å². The van der Waals surface area contributed by atoms with Crippen molar-refractivity contribution in [3.63, 3.8) is 0 Å². The molecule has 0 saturated carbocycles. The van der Waals surface area contributed by atoms with Gasteiger partial charge in [-0.1, -0.05) is 13.0 Å². The summed E-state index contributed by atoms with van der Waals surface area (Å²) in [6, 6.07) is 6.75. The maximum Gasteiger partial charge on any atom is 0.0556 e. The Morgan fingerprint density at radius 2 is 2.24 bits per heavy atom. The van der Waals surface area contributed by atoms with Crippen LogP contribution in [-0.2, 0) is 11.2 Å². The molecule has 0 amide bonds. The zero-order valence-corrected chi connectivity index (χ0v) is 12.8. The predicted molar refractivity (Wildman–Crippen MR) is 78.7 cm³/mol. The summed E-state index contributed by atoms with van der Waals surface area (Å²) < 4.78 is 6.19. The molecule has 1 unspecified atom stereocenters. The summed E-state index contributed by atoms with van der Waals surface area (Å²) in [5.74, 6) is 0.975. The maximum absolute atomic E-state index is 5.95. The van der Waals surface area contributed by atoms with Crippen molar-refractivity contribution in [3.05, 3.63) is 28.2 Å². The number of rotatable bonds is 7. The summed E-state index contributed by atoms with van der Waals surface area (Å²) in [6.45, 7) is 2.90. The standard InChI is InChI=1S/C13H20BrNOS/c1-3-11(15)8-10-4-5-13(12(14)9-10)17-7-6-16-2/h4-5,9,11H,3,6-8,15H2,1-2H3. The molecule has 0 radical (unpaired) electrons. The molecule has 1 atom stereocenters. The van der Waals surface area contributed by atoms with Gasteiger partial charge in [-0.05, 0) is 46.5 Å². The highest BCUT2D eigenvalue weighted by Gasteiger charge is 2.05. The molecule has 0 aliphatic heterocycles. The molecule has 0 aromatic heterocycles. The van der Waals surface area contributed by atoms with Gasteiger partial charge in [0, 0.05) is 28.3 Å². The van der Waals surface area contributed by atoms with Crippen LogP contribution in [0.1, 0.15) is 18.9 Å². The highest BCUT2D eigenvalue weighted by Crippen LogP contribution is 2.28. The van der Waals surface area contributed by atoms with Crippen molar-refractivity contribution < 1.29 is 4.74 Å². The average Bonchev–Trinajstić information content (AvgIpc) is 2.32. The molecule has 1 rings (SSSR count). The Kier molecular flexibility index (Phi) is 7.19. The molecule has 1 aromatic carbocycles. The molecule has 4 heteroatoms. The minimum atomic E-state index is 0.258. The van der Waals surface area contributed by atoms with Crippen LogP contribution in [0.15, 0.2) is 27.6 Å². The fourth-order valence-corrected chi connectivity index (χ4v) is 3.07. The average molecular weight is 318 g/mol.